The number of anilines is 1. The predicted molar refractivity (Wildman–Crippen MR) is 98.7 cm³/mol. The molecule has 1 aromatic carbocycles. The zero-order valence-corrected chi connectivity index (χ0v) is 14.7. The van der Waals surface area contributed by atoms with Crippen molar-refractivity contribution in [2.24, 2.45) is 17.6 Å². The number of nitrogens with one attached hydrogen (secondary N) is 1. The van der Waals surface area contributed by atoms with E-state index in [1.54, 1.807) is 0 Å². The monoisotopic (exact) mass is 329 g/mol. The van der Waals surface area contributed by atoms with E-state index >= 15 is 0 Å². The number of carbonyl (C=O) groups excluding carboxylic acids is 1. The normalized spacial score (nSPS) is 25.4. The quantitative estimate of drug-likeness (QED) is 0.871. The standard InChI is InChI=1S/C20H31N3O/c21-14-17-6-5-7-19(17)20(24)22-18-10-8-16(9-11-18)15-23-12-3-1-2-4-13-23/h8-11,17,19H,1-7,12-15,21H2,(H,22,24)/t17-,19-/m1/s1. The first-order valence-corrected chi connectivity index (χ1v) is 9.58. The summed E-state index contributed by atoms with van der Waals surface area (Å²) in [4.78, 5) is 15.0. The Morgan fingerprint density at radius 1 is 1.04 bits per heavy atom. The van der Waals surface area contributed by atoms with Gasteiger partial charge in [-0.1, -0.05) is 31.4 Å². The molecule has 2 atom stereocenters. The molecular weight excluding hydrogens is 298 g/mol. The van der Waals surface area contributed by atoms with Crippen molar-refractivity contribution < 1.29 is 4.79 Å². The lowest BCUT2D eigenvalue weighted by atomic mass is 9.95. The molecule has 24 heavy (non-hydrogen) atoms. The Balaban J connectivity index is 1.53. The lowest BCUT2D eigenvalue weighted by Crippen LogP contribution is -2.29. The van der Waals surface area contributed by atoms with Gasteiger partial charge in [0.2, 0.25) is 5.91 Å². The first-order chi connectivity index (χ1) is 11.8. The minimum Gasteiger partial charge on any atom is -0.330 e. The van der Waals surface area contributed by atoms with Crippen molar-refractivity contribution in [3.8, 4) is 0 Å². The molecule has 1 amide bonds. The third-order valence-electron chi connectivity index (χ3n) is 5.62. The summed E-state index contributed by atoms with van der Waals surface area (Å²) in [5, 5.41) is 3.08. The van der Waals surface area contributed by atoms with Crippen LogP contribution in [-0.2, 0) is 11.3 Å². The number of amides is 1. The first-order valence-electron chi connectivity index (χ1n) is 9.58. The summed E-state index contributed by atoms with van der Waals surface area (Å²) >= 11 is 0. The highest BCUT2D eigenvalue weighted by Crippen LogP contribution is 2.31. The molecule has 0 bridgehead atoms. The van der Waals surface area contributed by atoms with Crippen molar-refractivity contribution in [3.63, 3.8) is 0 Å². The second-order valence-electron chi connectivity index (χ2n) is 7.41. The third kappa shape index (κ3) is 4.58. The summed E-state index contributed by atoms with van der Waals surface area (Å²) in [5.74, 6) is 0.585. The summed E-state index contributed by atoms with van der Waals surface area (Å²) in [6.45, 7) is 4.06. The zero-order chi connectivity index (χ0) is 16.8. The van der Waals surface area contributed by atoms with Crippen LogP contribution < -0.4 is 11.1 Å². The van der Waals surface area contributed by atoms with Gasteiger partial charge in [0, 0.05) is 18.2 Å². The van der Waals surface area contributed by atoms with E-state index in [2.05, 4.69) is 22.3 Å². The molecule has 0 unspecified atom stereocenters. The van der Waals surface area contributed by atoms with Gasteiger partial charge in [-0.3, -0.25) is 9.69 Å². The molecule has 4 heteroatoms. The summed E-state index contributed by atoms with van der Waals surface area (Å²) in [7, 11) is 0. The molecule has 0 aromatic heterocycles. The molecule has 3 rings (SSSR count). The number of nitrogens with zero attached hydrogens (tertiary/aromatic N) is 1. The van der Waals surface area contributed by atoms with Crippen LogP contribution in [0, 0.1) is 11.8 Å². The highest BCUT2D eigenvalue weighted by atomic mass is 16.1. The van der Waals surface area contributed by atoms with Crippen molar-refractivity contribution in [3.05, 3.63) is 29.8 Å². The highest BCUT2D eigenvalue weighted by Gasteiger charge is 2.31. The van der Waals surface area contributed by atoms with E-state index in [0.717, 1.165) is 31.5 Å². The van der Waals surface area contributed by atoms with Gasteiger partial charge in [0.05, 0.1) is 0 Å². The van der Waals surface area contributed by atoms with E-state index in [9.17, 15) is 4.79 Å². The molecule has 1 heterocycles. The smallest absolute Gasteiger partial charge is 0.227 e. The van der Waals surface area contributed by atoms with Gasteiger partial charge in [-0.15, -0.1) is 0 Å². The summed E-state index contributed by atoms with van der Waals surface area (Å²) < 4.78 is 0. The number of hydrogen-bond donors (Lipinski definition) is 2. The molecule has 4 nitrogen and oxygen atoms in total. The van der Waals surface area contributed by atoms with E-state index in [1.807, 2.05) is 12.1 Å². The van der Waals surface area contributed by atoms with Crippen LogP contribution in [0.4, 0.5) is 5.69 Å². The zero-order valence-electron chi connectivity index (χ0n) is 14.7. The number of hydrogen-bond acceptors (Lipinski definition) is 3. The molecule has 1 saturated heterocycles. The topological polar surface area (TPSA) is 58.4 Å². The van der Waals surface area contributed by atoms with Gasteiger partial charge in [-0.2, -0.15) is 0 Å². The largest absolute Gasteiger partial charge is 0.330 e. The minimum atomic E-state index is 0.0896. The van der Waals surface area contributed by atoms with Crippen LogP contribution in [0.2, 0.25) is 0 Å². The molecule has 3 N–H and O–H groups in total. The SMILES string of the molecule is NC[C@H]1CCC[C@H]1C(=O)Nc1ccc(CN2CCCCCC2)cc1. The molecule has 2 fully saturated rings. The van der Waals surface area contributed by atoms with Crippen LogP contribution in [0.5, 0.6) is 0 Å². The molecule has 1 aromatic rings. The lowest BCUT2D eigenvalue weighted by Gasteiger charge is -2.20. The van der Waals surface area contributed by atoms with Crippen molar-refractivity contribution in [1.82, 2.24) is 4.90 Å². The number of likely N-dealkylation sites (tertiary alicyclic amines) is 1. The number of nitrogens with two attached hydrogens (primary N) is 1. The maximum absolute atomic E-state index is 12.4. The van der Waals surface area contributed by atoms with Crippen molar-refractivity contribution in [2.45, 2.75) is 51.5 Å². The van der Waals surface area contributed by atoms with Crippen molar-refractivity contribution >= 4 is 11.6 Å². The average Bonchev–Trinajstić information content (AvgIpc) is 2.94. The van der Waals surface area contributed by atoms with Gasteiger partial charge in [-0.25, -0.2) is 0 Å². The van der Waals surface area contributed by atoms with Crippen molar-refractivity contribution in [2.75, 3.05) is 25.0 Å². The average molecular weight is 329 g/mol. The minimum absolute atomic E-state index is 0.0896. The van der Waals surface area contributed by atoms with Crippen LogP contribution >= 0.6 is 0 Å². The summed E-state index contributed by atoms with van der Waals surface area (Å²) in [5.41, 5.74) is 8.02. The Kier molecular flexibility index (Phi) is 6.27. The molecule has 1 aliphatic carbocycles. The van der Waals surface area contributed by atoms with Crippen LogP contribution in [0.3, 0.4) is 0 Å². The summed E-state index contributed by atoms with van der Waals surface area (Å²) in [6.07, 6.45) is 8.55. The van der Waals surface area contributed by atoms with Gasteiger partial charge in [0.25, 0.3) is 0 Å². The molecular formula is C20H31N3O. The number of rotatable bonds is 5. The van der Waals surface area contributed by atoms with E-state index in [1.165, 1.54) is 44.3 Å². The lowest BCUT2D eigenvalue weighted by molar-refractivity contribution is -0.120. The van der Waals surface area contributed by atoms with E-state index < -0.39 is 0 Å². The van der Waals surface area contributed by atoms with Crippen LogP contribution in [0.1, 0.15) is 50.5 Å². The Labute approximate surface area is 145 Å². The Morgan fingerprint density at radius 2 is 1.75 bits per heavy atom. The van der Waals surface area contributed by atoms with Gasteiger partial charge in [0.15, 0.2) is 0 Å². The van der Waals surface area contributed by atoms with Gasteiger partial charge >= 0.3 is 0 Å². The fourth-order valence-electron chi connectivity index (χ4n) is 4.15. The van der Waals surface area contributed by atoms with Gasteiger partial charge in [-0.05, 0) is 68.9 Å². The fourth-order valence-corrected chi connectivity index (χ4v) is 4.15. The molecule has 2 aliphatic rings. The Bertz CT molecular complexity index is 520. The Hall–Kier alpha value is -1.39. The maximum atomic E-state index is 12.4. The predicted octanol–water partition coefficient (Wildman–Crippen LogP) is 3.38. The van der Waals surface area contributed by atoms with E-state index in [0.29, 0.717) is 12.5 Å². The molecule has 1 saturated carbocycles. The molecule has 1 aliphatic heterocycles. The van der Waals surface area contributed by atoms with Crippen molar-refractivity contribution in [1.29, 1.82) is 0 Å². The molecule has 132 valence electrons. The van der Waals surface area contributed by atoms with E-state index in [4.69, 9.17) is 5.73 Å². The third-order valence-corrected chi connectivity index (χ3v) is 5.62. The maximum Gasteiger partial charge on any atom is 0.227 e. The van der Waals surface area contributed by atoms with Crippen LogP contribution in [0.25, 0.3) is 0 Å². The van der Waals surface area contributed by atoms with Gasteiger partial charge < -0.3 is 11.1 Å². The van der Waals surface area contributed by atoms with Crippen LogP contribution in [-0.4, -0.2) is 30.4 Å². The van der Waals surface area contributed by atoms with E-state index in [-0.39, 0.29) is 11.8 Å². The molecule has 0 spiro atoms. The number of benzene rings is 1. The second-order valence-corrected chi connectivity index (χ2v) is 7.41. The second kappa shape index (κ2) is 8.63. The van der Waals surface area contributed by atoms with Crippen LogP contribution in [0.15, 0.2) is 24.3 Å². The Morgan fingerprint density at radius 3 is 2.42 bits per heavy atom. The van der Waals surface area contributed by atoms with Gasteiger partial charge in [0.1, 0.15) is 0 Å². The number of carbonyl (C=O) groups is 1. The molecule has 0 radical (unpaired) electrons. The fraction of sp³-hybridized carbons (Fsp3) is 0.650. The first kappa shape index (κ1) is 17.4. The highest BCUT2D eigenvalue weighted by molar-refractivity contribution is 5.92. The summed E-state index contributed by atoms with van der Waals surface area (Å²) in [6, 6.07) is 8.38.